The van der Waals surface area contributed by atoms with E-state index < -0.39 is 0 Å². The molecule has 0 aromatic heterocycles. The molecule has 0 fully saturated rings. The zero-order valence-electron chi connectivity index (χ0n) is 13.1. The standard InChI is InChI=1S/C18H22N2O/c1-13-9-8-12-16(14(13)2)19-18(21)17(20(3)4)15-10-6-5-7-11-15/h5-12,17H,1-4H3,(H,19,21). The van der Waals surface area contributed by atoms with Crippen molar-refractivity contribution in [2.24, 2.45) is 0 Å². The van der Waals surface area contributed by atoms with Gasteiger partial charge in [0.25, 0.3) is 0 Å². The van der Waals surface area contributed by atoms with Crippen molar-refractivity contribution < 1.29 is 4.79 Å². The molecule has 3 nitrogen and oxygen atoms in total. The van der Waals surface area contributed by atoms with Gasteiger partial charge in [-0.2, -0.15) is 0 Å². The number of anilines is 1. The maximum Gasteiger partial charge on any atom is 0.246 e. The Labute approximate surface area is 126 Å². The number of nitrogens with zero attached hydrogens (tertiary/aromatic N) is 1. The smallest absolute Gasteiger partial charge is 0.246 e. The lowest BCUT2D eigenvalue weighted by Gasteiger charge is -2.24. The Morgan fingerprint density at radius 1 is 1.00 bits per heavy atom. The van der Waals surface area contributed by atoms with Gasteiger partial charge in [-0.15, -0.1) is 0 Å². The number of benzene rings is 2. The van der Waals surface area contributed by atoms with E-state index in [1.807, 2.05) is 81.4 Å². The van der Waals surface area contributed by atoms with Crippen molar-refractivity contribution in [1.29, 1.82) is 0 Å². The van der Waals surface area contributed by atoms with E-state index in [9.17, 15) is 4.79 Å². The third-order valence-electron chi connectivity index (χ3n) is 3.74. The lowest BCUT2D eigenvalue weighted by atomic mass is 10.0. The SMILES string of the molecule is Cc1cccc(NC(=O)C(c2ccccc2)N(C)C)c1C. The first-order valence-corrected chi connectivity index (χ1v) is 7.09. The highest BCUT2D eigenvalue weighted by molar-refractivity contribution is 5.96. The number of aryl methyl sites for hydroxylation is 1. The van der Waals surface area contributed by atoms with E-state index in [1.54, 1.807) is 0 Å². The lowest BCUT2D eigenvalue weighted by Crippen LogP contribution is -2.32. The van der Waals surface area contributed by atoms with E-state index in [0.29, 0.717) is 0 Å². The number of carbonyl (C=O) groups is 1. The van der Waals surface area contributed by atoms with Gasteiger partial charge >= 0.3 is 0 Å². The molecule has 0 saturated heterocycles. The Morgan fingerprint density at radius 2 is 1.67 bits per heavy atom. The Kier molecular flexibility index (Phi) is 4.76. The molecule has 0 radical (unpaired) electrons. The maximum absolute atomic E-state index is 12.7. The summed E-state index contributed by atoms with van der Waals surface area (Å²) in [7, 11) is 3.83. The number of hydrogen-bond donors (Lipinski definition) is 1. The quantitative estimate of drug-likeness (QED) is 0.930. The van der Waals surface area contributed by atoms with Gasteiger partial charge in [0.2, 0.25) is 5.91 Å². The van der Waals surface area contributed by atoms with Crippen LogP contribution in [0, 0.1) is 13.8 Å². The van der Waals surface area contributed by atoms with Crippen LogP contribution >= 0.6 is 0 Å². The van der Waals surface area contributed by atoms with Gasteiger partial charge in [0, 0.05) is 5.69 Å². The van der Waals surface area contributed by atoms with Crippen LogP contribution in [0.4, 0.5) is 5.69 Å². The van der Waals surface area contributed by atoms with E-state index in [2.05, 4.69) is 5.32 Å². The van der Waals surface area contributed by atoms with Crippen molar-refractivity contribution in [2.45, 2.75) is 19.9 Å². The molecule has 3 heteroatoms. The Bertz CT molecular complexity index is 620. The monoisotopic (exact) mass is 282 g/mol. The first kappa shape index (κ1) is 15.3. The molecule has 21 heavy (non-hydrogen) atoms. The number of hydrogen-bond acceptors (Lipinski definition) is 2. The Balaban J connectivity index is 2.26. The average molecular weight is 282 g/mol. The van der Waals surface area contributed by atoms with Crippen LogP contribution in [0.1, 0.15) is 22.7 Å². The van der Waals surface area contributed by atoms with Crippen LogP contribution in [0.5, 0.6) is 0 Å². The van der Waals surface area contributed by atoms with Crippen LogP contribution in [0.25, 0.3) is 0 Å². The number of carbonyl (C=O) groups excluding carboxylic acids is 1. The minimum atomic E-state index is -0.300. The van der Waals surface area contributed by atoms with Crippen molar-refractivity contribution in [3.63, 3.8) is 0 Å². The summed E-state index contributed by atoms with van der Waals surface area (Å²) in [6.45, 7) is 4.07. The summed E-state index contributed by atoms with van der Waals surface area (Å²) in [5, 5.41) is 3.05. The molecular weight excluding hydrogens is 260 g/mol. The minimum absolute atomic E-state index is 0.0140. The lowest BCUT2D eigenvalue weighted by molar-refractivity contribution is -0.120. The molecule has 0 spiro atoms. The molecular formula is C18H22N2O. The molecule has 0 aliphatic carbocycles. The zero-order valence-corrected chi connectivity index (χ0v) is 13.1. The summed E-state index contributed by atoms with van der Waals surface area (Å²) in [5.74, 6) is -0.0140. The number of rotatable bonds is 4. The zero-order chi connectivity index (χ0) is 15.4. The summed E-state index contributed by atoms with van der Waals surface area (Å²) in [4.78, 5) is 14.6. The number of nitrogens with one attached hydrogen (secondary N) is 1. The van der Waals surface area contributed by atoms with E-state index in [0.717, 1.165) is 16.8 Å². The predicted molar refractivity (Wildman–Crippen MR) is 87.4 cm³/mol. The summed E-state index contributed by atoms with van der Waals surface area (Å²) < 4.78 is 0. The molecule has 0 aliphatic rings. The van der Waals surface area contributed by atoms with Crippen LogP contribution in [0.15, 0.2) is 48.5 Å². The van der Waals surface area contributed by atoms with Gasteiger partial charge < -0.3 is 5.32 Å². The summed E-state index contributed by atoms with van der Waals surface area (Å²) >= 11 is 0. The largest absolute Gasteiger partial charge is 0.324 e. The van der Waals surface area contributed by atoms with E-state index in [4.69, 9.17) is 0 Å². The molecule has 2 aromatic rings. The van der Waals surface area contributed by atoms with Crippen LogP contribution < -0.4 is 5.32 Å². The van der Waals surface area contributed by atoms with Gasteiger partial charge in [-0.05, 0) is 50.7 Å². The van der Waals surface area contributed by atoms with E-state index in [-0.39, 0.29) is 11.9 Å². The highest BCUT2D eigenvalue weighted by Gasteiger charge is 2.23. The van der Waals surface area contributed by atoms with Crippen molar-refractivity contribution in [3.8, 4) is 0 Å². The van der Waals surface area contributed by atoms with Gasteiger partial charge in [0.15, 0.2) is 0 Å². The third-order valence-corrected chi connectivity index (χ3v) is 3.74. The molecule has 0 heterocycles. The van der Waals surface area contributed by atoms with Crippen LogP contribution in [0.3, 0.4) is 0 Å². The molecule has 2 rings (SSSR count). The second kappa shape index (κ2) is 6.55. The third kappa shape index (κ3) is 3.50. The summed E-state index contributed by atoms with van der Waals surface area (Å²) in [6.07, 6.45) is 0. The predicted octanol–water partition coefficient (Wildman–Crippen LogP) is 3.54. The van der Waals surface area contributed by atoms with Gasteiger partial charge in [-0.3, -0.25) is 9.69 Å². The van der Waals surface area contributed by atoms with Crippen LogP contribution in [0.2, 0.25) is 0 Å². The van der Waals surface area contributed by atoms with Gasteiger partial charge in [0.1, 0.15) is 6.04 Å². The van der Waals surface area contributed by atoms with E-state index in [1.165, 1.54) is 5.56 Å². The molecule has 1 unspecified atom stereocenters. The number of amides is 1. The Hall–Kier alpha value is -2.13. The Morgan fingerprint density at radius 3 is 2.29 bits per heavy atom. The normalized spacial score (nSPS) is 12.2. The first-order chi connectivity index (χ1) is 10.0. The molecule has 0 bridgehead atoms. The summed E-state index contributed by atoms with van der Waals surface area (Å²) in [5.41, 5.74) is 4.15. The highest BCUT2D eigenvalue weighted by atomic mass is 16.2. The maximum atomic E-state index is 12.7. The van der Waals surface area contributed by atoms with Crippen molar-refractivity contribution in [3.05, 3.63) is 65.2 Å². The van der Waals surface area contributed by atoms with Gasteiger partial charge in [-0.1, -0.05) is 42.5 Å². The molecule has 1 N–H and O–H groups in total. The van der Waals surface area contributed by atoms with Crippen LogP contribution in [-0.2, 0) is 4.79 Å². The average Bonchev–Trinajstić information content (AvgIpc) is 2.45. The first-order valence-electron chi connectivity index (χ1n) is 7.09. The van der Waals surface area contributed by atoms with Gasteiger partial charge in [0.05, 0.1) is 0 Å². The highest BCUT2D eigenvalue weighted by Crippen LogP contribution is 2.23. The van der Waals surface area contributed by atoms with Gasteiger partial charge in [-0.25, -0.2) is 0 Å². The van der Waals surface area contributed by atoms with Crippen LogP contribution in [-0.4, -0.2) is 24.9 Å². The molecule has 0 saturated carbocycles. The fourth-order valence-corrected chi connectivity index (χ4v) is 2.41. The van der Waals surface area contributed by atoms with Crippen molar-refractivity contribution >= 4 is 11.6 Å². The second-order valence-corrected chi connectivity index (χ2v) is 5.51. The molecule has 2 aromatic carbocycles. The van der Waals surface area contributed by atoms with Crippen molar-refractivity contribution in [1.82, 2.24) is 4.90 Å². The summed E-state index contributed by atoms with van der Waals surface area (Å²) in [6, 6.07) is 15.5. The minimum Gasteiger partial charge on any atom is -0.324 e. The molecule has 110 valence electrons. The topological polar surface area (TPSA) is 32.3 Å². The molecule has 0 aliphatic heterocycles. The fraction of sp³-hybridized carbons (Fsp3) is 0.278. The molecule has 1 amide bonds. The van der Waals surface area contributed by atoms with Crippen molar-refractivity contribution in [2.75, 3.05) is 19.4 Å². The van der Waals surface area contributed by atoms with E-state index >= 15 is 0 Å². The fourth-order valence-electron chi connectivity index (χ4n) is 2.41. The second-order valence-electron chi connectivity index (χ2n) is 5.51. The molecule has 1 atom stereocenters. The number of likely N-dealkylation sites (N-methyl/N-ethyl adjacent to an activating group) is 1.